The number of carbonyl (C=O) groups is 22. The number of hydrogen-bond donors (Lipinski definition) is 27. The molecule has 0 spiro atoms. The lowest BCUT2D eigenvalue weighted by atomic mass is 10.00. The van der Waals surface area contributed by atoms with E-state index < -0.39 is 336 Å². The molecule has 6 bridgehead atoms. The highest BCUT2D eigenvalue weighted by atomic mass is 32.2. The molecule has 5 heterocycles. The van der Waals surface area contributed by atoms with Crippen molar-refractivity contribution in [3.8, 4) is 0 Å². The van der Waals surface area contributed by atoms with Gasteiger partial charge in [0.05, 0.1) is 25.6 Å². The fourth-order valence-corrected chi connectivity index (χ4v) is 18.8. The van der Waals surface area contributed by atoms with Gasteiger partial charge in [-0.15, -0.1) is 0 Å². The Kier molecular flexibility index (Phi) is 44.8. The number of rotatable bonds is 19. The Morgan fingerprint density at radius 1 is 0.458 bits per heavy atom. The van der Waals surface area contributed by atoms with E-state index >= 15 is 52.7 Å². The topological polar surface area (TPSA) is 796 Å². The molecular formula is C89H125N25O25S3. The number of amides is 20. The fourth-order valence-electron chi connectivity index (χ4n) is 15.6. The van der Waals surface area contributed by atoms with Crippen LogP contribution in [0.3, 0.4) is 0 Å². The van der Waals surface area contributed by atoms with Crippen molar-refractivity contribution in [1.82, 2.24) is 106 Å². The van der Waals surface area contributed by atoms with Gasteiger partial charge in [0.1, 0.15) is 96.7 Å². The van der Waals surface area contributed by atoms with Crippen LogP contribution in [0.4, 0.5) is 0 Å². The largest absolute Gasteiger partial charge is 0.480 e. The van der Waals surface area contributed by atoms with Crippen LogP contribution >= 0.6 is 35.3 Å². The maximum atomic E-state index is 16.2. The number of guanidine groups is 1. The number of primary amides is 2. The zero-order valence-electron chi connectivity index (χ0n) is 78.4. The number of fused-ring (bicyclic) bond motifs is 22. The van der Waals surface area contributed by atoms with Gasteiger partial charge in [-0.05, 0) is 80.5 Å². The predicted molar refractivity (Wildman–Crippen MR) is 514 cm³/mol. The number of benzene rings is 3. The maximum Gasteiger partial charge on any atom is 0.335 e. The highest BCUT2D eigenvalue weighted by molar-refractivity contribution is 8.00. The van der Waals surface area contributed by atoms with Crippen LogP contribution in [-0.2, 0) is 125 Å². The molecule has 5 fully saturated rings. The predicted octanol–water partition coefficient (Wildman–Crippen LogP) is -10.1. The average Bonchev–Trinajstić information content (AvgIpc) is 1.71. The van der Waals surface area contributed by atoms with E-state index in [0.717, 1.165) is 0 Å². The van der Waals surface area contributed by atoms with Gasteiger partial charge in [-0.25, -0.2) is 9.59 Å². The van der Waals surface area contributed by atoms with E-state index in [-0.39, 0.29) is 71.0 Å². The molecule has 53 heteroatoms. The van der Waals surface area contributed by atoms with Gasteiger partial charge in [-0.3, -0.25) is 101 Å². The highest BCUT2D eigenvalue weighted by Crippen LogP contribution is 2.24. The van der Waals surface area contributed by atoms with Crippen molar-refractivity contribution in [2.45, 2.75) is 230 Å². The lowest BCUT2D eigenvalue weighted by molar-refractivity contribution is -0.152. The lowest BCUT2D eigenvalue weighted by Gasteiger charge is -2.32. The molecule has 0 unspecified atom stereocenters. The van der Waals surface area contributed by atoms with Crippen molar-refractivity contribution in [3.63, 3.8) is 0 Å². The second-order valence-electron chi connectivity index (χ2n) is 34.9. The molecule has 0 aliphatic carbocycles. The molecule has 142 heavy (non-hydrogen) atoms. The molecule has 20 atom stereocenters. The van der Waals surface area contributed by atoms with Crippen molar-refractivity contribution < 1.29 is 121 Å². The number of carboxylic acid groups (broad SMARTS) is 2. The summed E-state index contributed by atoms with van der Waals surface area (Å²) in [4.78, 5) is 327. The van der Waals surface area contributed by atoms with Crippen molar-refractivity contribution in [2.75, 3.05) is 62.3 Å². The number of carbonyl (C=O) groups excluding carboxylic acids is 20. The first-order valence-corrected chi connectivity index (χ1v) is 49.3. The molecule has 3 aromatic rings. The molecule has 31 N–H and O–H groups in total. The molecule has 3 aromatic carbocycles. The summed E-state index contributed by atoms with van der Waals surface area (Å²) in [6, 6.07) is -8.41. The molecule has 5 aliphatic heterocycles. The van der Waals surface area contributed by atoms with E-state index in [0.29, 0.717) is 52.0 Å². The second-order valence-corrected chi connectivity index (χ2v) is 38.8. The van der Waals surface area contributed by atoms with Gasteiger partial charge in [-0.2, -0.15) is 35.3 Å². The summed E-state index contributed by atoms with van der Waals surface area (Å²) in [5.74, 6) is -33.2. The van der Waals surface area contributed by atoms with Crippen LogP contribution in [0.15, 0.2) is 91.0 Å². The summed E-state index contributed by atoms with van der Waals surface area (Å²) in [5.41, 5.74) is 24.6. The number of hydrogen-bond acceptors (Lipinski definition) is 29. The van der Waals surface area contributed by atoms with Crippen LogP contribution in [0.2, 0.25) is 0 Å². The quantitative estimate of drug-likeness (QED) is 0.0229. The Balaban J connectivity index is 1.43. The van der Waals surface area contributed by atoms with E-state index in [2.05, 4.69) is 90.4 Å². The third-order valence-corrected chi connectivity index (χ3v) is 27.3. The molecule has 774 valence electrons. The van der Waals surface area contributed by atoms with Crippen LogP contribution in [0, 0.1) is 11.3 Å². The van der Waals surface area contributed by atoms with E-state index in [1.54, 1.807) is 91.0 Å². The van der Waals surface area contributed by atoms with Crippen LogP contribution in [0.1, 0.15) is 109 Å². The molecule has 0 radical (unpaired) electrons. The van der Waals surface area contributed by atoms with E-state index in [4.69, 9.17) is 28.3 Å². The zero-order chi connectivity index (χ0) is 104. The number of aliphatic hydroxyl groups excluding tert-OH is 1. The molecule has 8 rings (SSSR count). The maximum absolute atomic E-state index is 16.2. The van der Waals surface area contributed by atoms with Crippen molar-refractivity contribution in [2.24, 2.45) is 28.9 Å². The van der Waals surface area contributed by atoms with Crippen LogP contribution in [0.25, 0.3) is 0 Å². The fraction of sp³-hybridized carbons (Fsp3) is 0.539. The normalized spacial score (nSPS) is 28.0. The molecular weight excluding hydrogens is 1920 g/mol. The monoisotopic (exact) mass is 2040 g/mol. The second kappa shape index (κ2) is 56.0. The van der Waals surface area contributed by atoms with Crippen LogP contribution in [0.5, 0.6) is 0 Å². The summed E-state index contributed by atoms with van der Waals surface area (Å²) in [6.45, 7) is 2.41. The van der Waals surface area contributed by atoms with Crippen molar-refractivity contribution in [3.05, 3.63) is 108 Å². The number of aliphatic hydroxyl groups is 1. The van der Waals surface area contributed by atoms with E-state index in [1.165, 1.54) is 32.6 Å². The standard InChI is InChI=1S/C89H125N25O25S3/c1-43(2)66-84(133)109-59-41-140-40-58-79(128)108-60-42-142-45(4)68(86(135)105-55(75(124)110-66)34-48-22-12-7-13-23-48)111-76(125)54(33-47-20-10-6-11-21-47)104-82(131)61-26-17-31-114(61)65(118)38-98-72(121)53(32-46-18-8-5-9-19-46)103-78(127)57(106-80(60)129)36-95-29-15-14-24-52(87(136)137)102-85(134)67(112-77(126)56(35-63(92)116)99-64(117)37-97-83(132)69(113-81(59)130)70(119)88(138)139)44(3)141-39-49(90)71(120)100-50(25-16-30-96-89(93)94)73(122)101-51(74(123)107-58)27-28-62(91)115/h5-13,18-23,43-45,49-61,66-70,95,119H,14-17,24-42,90H2,1-4H3,(H2,91,115)(H2,92,116)(H,97,132)(H,98,121)(H,99,117)(H,100,120)(H,101,122)(H,102,134)(H,103,127)(H,104,131)(H,105,135)(H,106,129)(H,107,123)(H,108,128)(H,109,133)(H,110,124)(H,111,125)(H,112,126)(H,113,130)(H,136,137)(H,138,139)(H4,93,94,96)/t44-,45-,49-,50-,51-,52-,53-,54-,55-,56-,57-,58+,59-,60-,61-,66-,67+,68+,69-,70+/m0/s1. The Bertz CT molecular complexity index is 5060. The van der Waals surface area contributed by atoms with Crippen LogP contribution in [-0.4, -0.2) is 338 Å². The number of carboxylic acids is 2. The number of nitrogens with two attached hydrogens (primary N) is 4. The minimum atomic E-state index is -2.99. The number of nitrogens with one attached hydrogen (secondary N) is 20. The third kappa shape index (κ3) is 35.8. The third-order valence-electron chi connectivity index (χ3n) is 23.5. The van der Waals surface area contributed by atoms with Gasteiger partial charge in [-0.1, -0.05) is 119 Å². The first kappa shape index (κ1) is 113. The van der Waals surface area contributed by atoms with Gasteiger partial charge in [0, 0.05) is 78.8 Å². The molecule has 50 nitrogen and oxygen atoms in total. The van der Waals surface area contributed by atoms with E-state index in [9.17, 15) is 68.1 Å². The van der Waals surface area contributed by atoms with Crippen LogP contribution < -0.4 is 124 Å². The summed E-state index contributed by atoms with van der Waals surface area (Å²) in [6.07, 6.45) is -7.39. The number of thioether (sulfide) groups is 3. The molecule has 5 aliphatic rings. The number of nitrogens with zero attached hydrogens (tertiary/aromatic N) is 1. The Labute approximate surface area is 828 Å². The first-order valence-electron chi connectivity index (χ1n) is 46.0. The summed E-state index contributed by atoms with van der Waals surface area (Å²) in [7, 11) is 0. The summed E-state index contributed by atoms with van der Waals surface area (Å²) < 4.78 is 0. The van der Waals surface area contributed by atoms with Gasteiger partial charge in [0.25, 0.3) is 0 Å². The Morgan fingerprint density at radius 2 is 0.915 bits per heavy atom. The number of aliphatic carboxylic acids is 2. The minimum absolute atomic E-state index is 0.0274. The SMILES string of the molecule is CC(C)[C@@H]1NC(=O)[C@H](Cc2ccccc2)NC(=O)[C@@H]2NC(=O)[C@H](Cc3ccccc3)NC(=O)[C@@H]3CCCN3C(=O)CNC(=O)[C@H](Cc3ccccc3)NC(=O)[C@@H]3CNCCCC[C@@H](C(=O)O)NC(=O)[C@@H]4NC(=O)[C@H](CC(N)=O)NC(=O)CNC(=O)[C@H]([C@@H](O)C(=O)O)NC(=O)[C@H](CSC[C@@H](NC(=O)[C@H](CCC(N)=O)NC(=O)[C@H](CCCNC(=N)N)NC(=O)[C@@H](N)CS[C@H]4C)C(=O)N[C@@H](CS[C@H]2C)C(=O)N3)NC1=O. The Hall–Kier alpha value is -13.8. The van der Waals surface area contributed by atoms with Gasteiger partial charge >= 0.3 is 11.9 Å². The smallest absolute Gasteiger partial charge is 0.335 e. The van der Waals surface area contributed by atoms with Crippen molar-refractivity contribution >= 4 is 171 Å². The molecule has 5 saturated heterocycles. The van der Waals surface area contributed by atoms with Crippen molar-refractivity contribution in [1.29, 1.82) is 5.41 Å². The molecule has 0 saturated carbocycles. The first-order chi connectivity index (χ1) is 67.4. The van der Waals surface area contributed by atoms with Gasteiger partial charge in [0.15, 0.2) is 12.1 Å². The lowest BCUT2D eigenvalue weighted by Crippen LogP contribution is -2.64. The average molecular weight is 2040 g/mol. The van der Waals surface area contributed by atoms with Gasteiger partial charge in [0.2, 0.25) is 118 Å². The molecule has 0 aromatic heterocycles. The minimum Gasteiger partial charge on any atom is -0.480 e. The van der Waals surface area contributed by atoms with Gasteiger partial charge < -0.3 is 144 Å². The molecule has 20 amide bonds. The Morgan fingerprint density at radius 3 is 1.47 bits per heavy atom. The zero-order valence-corrected chi connectivity index (χ0v) is 80.8. The highest BCUT2D eigenvalue weighted by Gasteiger charge is 2.45. The van der Waals surface area contributed by atoms with E-state index in [1.807, 2.05) is 10.6 Å². The summed E-state index contributed by atoms with van der Waals surface area (Å²) >= 11 is 1.81. The summed E-state index contributed by atoms with van der Waals surface area (Å²) in [5, 5.41) is 85.1.